The molecule has 3 aromatic rings. The number of halogens is 3. The molecule has 0 aliphatic heterocycles. The van der Waals surface area contributed by atoms with Gasteiger partial charge in [-0.2, -0.15) is 0 Å². The van der Waals surface area contributed by atoms with Crippen molar-refractivity contribution in [3.05, 3.63) is 106 Å². The molecule has 1 unspecified atom stereocenters. The summed E-state index contributed by atoms with van der Waals surface area (Å²) in [4.78, 5) is 28.1. The number of aryl methyl sites for hydroxylation is 1. The van der Waals surface area contributed by atoms with Gasteiger partial charge in [-0.3, -0.25) is 9.59 Å². The predicted molar refractivity (Wildman–Crippen MR) is 186 cm³/mol. The van der Waals surface area contributed by atoms with Crippen molar-refractivity contribution in [2.24, 2.45) is 5.73 Å². The lowest BCUT2D eigenvalue weighted by Crippen LogP contribution is -2.66. The van der Waals surface area contributed by atoms with E-state index < -0.39 is 61.8 Å². The van der Waals surface area contributed by atoms with Crippen LogP contribution < -0.4 is 16.4 Å². The number of sulfone groups is 1. The van der Waals surface area contributed by atoms with Gasteiger partial charge in [-0.05, 0) is 66.6 Å². The zero-order valence-corrected chi connectivity index (χ0v) is 29.2. The van der Waals surface area contributed by atoms with Crippen molar-refractivity contribution >= 4 is 33.1 Å². The summed E-state index contributed by atoms with van der Waals surface area (Å²) in [6.07, 6.45) is 1.00. The zero-order valence-electron chi connectivity index (χ0n) is 27.6. The first-order valence-corrected chi connectivity index (χ1v) is 18.3. The van der Waals surface area contributed by atoms with Gasteiger partial charge in [-0.15, -0.1) is 0 Å². The van der Waals surface area contributed by atoms with Crippen LogP contribution in [0.4, 0.5) is 8.78 Å². The zero-order chi connectivity index (χ0) is 35.5. The van der Waals surface area contributed by atoms with Crippen LogP contribution in [0.5, 0.6) is 0 Å². The summed E-state index contributed by atoms with van der Waals surface area (Å²) in [6, 6.07) is 15.1. The number of carbonyl (C=O) groups excluding carboxylic acids is 2. The van der Waals surface area contributed by atoms with Crippen molar-refractivity contribution in [1.82, 2.24) is 10.6 Å². The molecule has 3 rings (SSSR count). The number of benzene rings is 3. The highest BCUT2D eigenvalue weighted by molar-refractivity contribution is 7.92. The summed E-state index contributed by atoms with van der Waals surface area (Å²) in [7, 11) is -4.10. The topological polar surface area (TPSA) is 139 Å². The van der Waals surface area contributed by atoms with Crippen LogP contribution in [0.2, 0.25) is 5.02 Å². The fourth-order valence-corrected chi connectivity index (χ4v) is 8.25. The number of aliphatic hydroxyl groups excluding tert-OH is 1. The number of carbonyl (C=O) groups is 2. The van der Waals surface area contributed by atoms with Crippen LogP contribution in [-0.4, -0.2) is 60.4 Å². The van der Waals surface area contributed by atoms with Crippen molar-refractivity contribution in [3.63, 3.8) is 0 Å². The molecule has 0 bridgehead atoms. The van der Waals surface area contributed by atoms with Gasteiger partial charge < -0.3 is 21.5 Å². The Morgan fingerprint density at radius 2 is 1.54 bits per heavy atom. The van der Waals surface area contributed by atoms with Crippen molar-refractivity contribution in [1.29, 1.82) is 0 Å². The molecule has 48 heavy (non-hydrogen) atoms. The molecule has 0 fully saturated rings. The van der Waals surface area contributed by atoms with Crippen LogP contribution in [0.25, 0.3) is 0 Å². The Labute approximate surface area is 287 Å². The molecule has 0 saturated heterocycles. The minimum atomic E-state index is -4.10. The number of hydrogen-bond donors (Lipinski definition) is 4. The van der Waals surface area contributed by atoms with Gasteiger partial charge in [0.2, 0.25) is 5.91 Å². The van der Waals surface area contributed by atoms with E-state index in [4.69, 9.17) is 17.3 Å². The van der Waals surface area contributed by atoms with Crippen molar-refractivity contribution in [3.8, 4) is 0 Å². The molecular formula is C36H46ClF2N3O5S. The number of amides is 1. The van der Waals surface area contributed by atoms with E-state index in [1.165, 1.54) is 24.3 Å². The Morgan fingerprint density at radius 3 is 2.15 bits per heavy atom. The summed E-state index contributed by atoms with van der Waals surface area (Å²) in [6.45, 7) is 6.03. The number of hydrogen-bond acceptors (Lipinski definition) is 7. The molecule has 12 heteroatoms. The second-order valence-electron chi connectivity index (χ2n) is 12.3. The Morgan fingerprint density at radius 1 is 0.917 bits per heavy atom. The SMILES string of the molecule is CCCC(CCC)S(=O)(=O)CC(N)(C(=O)N[C@@H](Cc1cc(F)cc(F)c1)[C@H](O)CNCc1cccc(CC)c1)C(=O)c1cccc(Cl)c1. The minimum absolute atomic E-state index is 0.0632. The predicted octanol–water partition coefficient (Wildman–Crippen LogP) is 5.32. The van der Waals surface area contributed by atoms with Crippen LogP contribution in [-0.2, 0) is 34.0 Å². The lowest BCUT2D eigenvalue weighted by Gasteiger charge is -2.32. The van der Waals surface area contributed by atoms with Crippen LogP contribution in [0.15, 0.2) is 66.7 Å². The van der Waals surface area contributed by atoms with E-state index in [-0.39, 0.29) is 29.1 Å². The summed E-state index contributed by atoms with van der Waals surface area (Å²) >= 11 is 6.12. The Bertz CT molecular complexity index is 1630. The molecule has 0 heterocycles. The van der Waals surface area contributed by atoms with E-state index in [2.05, 4.69) is 10.6 Å². The molecule has 5 N–H and O–H groups in total. The average Bonchev–Trinajstić information content (AvgIpc) is 3.03. The third kappa shape index (κ3) is 10.9. The van der Waals surface area contributed by atoms with Gasteiger partial charge in [-0.25, -0.2) is 17.2 Å². The normalized spacial score (nSPS) is 14.4. The largest absolute Gasteiger partial charge is 0.390 e. The Hall–Kier alpha value is -3.22. The van der Waals surface area contributed by atoms with Crippen LogP contribution in [0.1, 0.15) is 73.5 Å². The minimum Gasteiger partial charge on any atom is -0.390 e. The molecule has 262 valence electrons. The highest BCUT2D eigenvalue weighted by atomic mass is 35.5. The van der Waals surface area contributed by atoms with Crippen molar-refractivity contribution in [2.75, 3.05) is 12.3 Å². The lowest BCUT2D eigenvalue weighted by atomic mass is 9.90. The third-order valence-corrected chi connectivity index (χ3v) is 10.9. The van der Waals surface area contributed by atoms with Crippen LogP contribution >= 0.6 is 11.6 Å². The number of nitrogens with one attached hydrogen (secondary N) is 2. The van der Waals surface area contributed by atoms with Gasteiger partial charge in [0.25, 0.3) is 0 Å². The number of aliphatic hydroxyl groups is 1. The molecular weight excluding hydrogens is 660 g/mol. The van der Waals surface area contributed by atoms with E-state index in [1.54, 1.807) is 0 Å². The van der Waals surface area contributed by atoms with Gasteiger partial charge in [0.15, 0.2) is 21.2 Å². The number of rotatable bonds is 19. The summed E-state index contributed by atoms with van der Waals surface area (Å²) in [5.41, 5.74) is 6.09. The highest BCUT2D eigenvalue weighted by Gasteiger charge is 2.48. The maximum absolute atomic E-state index is 14.2. The molecule has 0 aliphatic rings. The number of Topliss-reactive ketones (excluding diaryl/α,β-unsaturated/α-hetero) is 1. The van der Waals surface area contributed by atoms with E-state index >= 15 is 0 Å². The molecule has 0 spiro atoms. The average molecular weight is 706 g/mol. The van der Waals surface area contributed by atoms with Gasteiger partial charge >= 0.3 is 0 Å². The van der Waals surface area contributed by atoms with E-state index in [9.17, 15) is 31.9 Å². The van der Waals surface area contributed by atoms with Gasteiger partial charge in [-0.1, -0.05) is 81.6 Å². The second kappa shape index (κ2) is 18.0. The standard InChI is InChI=1S/C36H46ClF2N3O5S/c1-4-9-31(10-5-2)48(46,47)23-36(40,34(44)27-13-8-14-28(37)19-27)35(45)42-32(18-26-16-29(38)20-30(39)17-26)33(43)22-41-21-25-12-7-11-24(6-3)15-25/h7-8,11-17,19-20,31-33,41,43H,4-6,9-10,18,21-23,40H2,1-3H3,(H,42,45)/t32-,33+,36?/m0/s1. The summed E-state index contributed by atoms with van der Waals surface area (Å²) < 4.78 is 55.8. The first kappa shape index (κ1) is 39.2. The molecule has 8 nitrogen and oxygen atoms in total. The molecule has 1 amide bonds. The fourth-order valence-electron chi connectivity index (χ4n) is 5.73. The molecule has 0 aromatic heterocycles. The Balaban J connectivity index is 1.98. The molecule has 0 radical (unpaired) electrons. The lowest BCUT2D eigenvalue weighted by molar-refractivity contribution is -0.125. The molecule has 3 atom stereocenters. The monoisotopic (exact) mass is 705 g/mol. The van der Waals surface area contributed by atoms with Crippen LogP contribution in [0.3, 0.4) is 0 Å². The van der Waals surface area contributed by atoms with Gasteiger partial charge in [0.1, 0.15) is 11.6 Å². The number of ketones is 1. The first-order chi connectivity index (χ1) is 22.7. The maximum atomic E-state index is 14.2. The van der Waals surface area contributed by atoms with E-state index in [1.807, 2.05) is 45.0 Å². The highest BCUT2D eigenvalue weighted by Crippen LogP contribution is 2.24. The van der Waals surface area contributed by atoms with Crippen molar-refractivity contribution < 1.29 is 31.9 Å². The molecule has 3 aromatic carbocycles. The molecule has 0 saturated carbocycles. The summed E-state index contributed by atoms with van der Waals surface area (Å²) in [5, 5.41) is 16.4. The van der Waals surface area contributed by atoms with Crippen LogP contribution in [0, 0.1) is 11.6 Å². The quantitative estimate of drug-likeness (QED) is 0.0978. The second-order valence-corrected chi connectivity index (χ2v) is 15.0. The van der Waals surface area contributed by atoms with E-state index in [0.717, 1.165) is 29.7 Å². The van der Waals surface area contributed by atoms with Crippen molar-refractivity contribution in [2.45, 2.75) is 88.8 Å². The number of nitrogens with two attached hydrogens (primary N) is 1. The van der Waals surface area contributed by atoms with Gasteiger partial charge in [0, 0.05) is 29.7 Å². The smallest absolute Gasteiger partial charge is 0.249 e. The molecule has 0 aliphatic carbocycles. The third-order valence-electron chi connectivity index (χ3n) is 8.30. The summed E-state index contributed by atoms with van der Waals surface area (Å²) in [5.74, 6) is -4.83. The fraction of sp³-hybridized carbons (Fsp3) is 0.444. The van der Waals surface area contributed by atoms with Gasteiger partial charge in [0.05, 0.1) is 23.1 Å². The van der Waals surface area contributed by atoms with E-state index in [0.29, 0.717) is 38.3 Å². The Kier molecular flexibility index (Phi) is 14.7. The first-order valence-electron chi connectivity index (χ1n) is 16.3. The maximum Gasteiger partial charge on any atom is 0.249 e.